The summed E-state index contributed by atoms with van der Waals surface area (Å²) in [5, 5.41) is 4.39. The van der Waals surface area contributed by atoms with E-state index < -0.39 is 0 Å². The Kier molecular flexibility index (Phi) is 5.78. The van der Waals surface area contributed by atoms with Crippen molar-refractivity contribution in [2.45, 2.75) is 41.5 Å². The summed E-state index contributed by atoms with van der Waals surface area (Å²) in [5.41, 5.74) is 7.89. The molecule has 0 fully saturated rings. The van der Waals surface area contributed by atoms with Crippen molar-refractivity contribution in [3.05, 3.63) is 77.1 Å². The van der Waals surface area contributed by atoms with E-state index in [1.54, 1.807) is 0 Å². The molecule has 0 aliphatic carbocycles. The fourth-order valence-corrected chi connectivity index (χ4v) is 3.24. The van der Waals surface area contributed by atoms with Crippen molar-refractivity contribution in [1.82, 2.24) is 14.5 Å². The first-order chi connectivity index (χ1) is 13.5. The lowest BCUT2D eigenvalue weighted by Gasteiger charge is -2.10. The SMILES string of the molecule is CC.Cc1ccc(Nc2ncc3c(C)c(C)n(-c4cccc(C)c4)c3n2)cc1. The van der Waals surface area contributed by atoms with Crippen molar-refractivity contribution in [3.63, 3.8) is 0 Å². The Morgan fingerprint density at radius 2 is 1.57 bits per heavy atom. The molecule has 0 saturated carbocycles. The van der Waals surface area contributed by atoms with Gasteiger partial charge in [0, 0.05) is 28.7 Å². The predicted molar refractivity (Wildman–Crippen MR) is 119 cm³/mol. The van der Waals surface area contributed by atoms with Crippen molar-refractivity contribution in [2.24, 2.45) is 0 Å². The average molecular weight is 373 g/mol. The topological polar surface area (TPSA) is 42.7 Å². The molecular formula is C24H28N4. The standard InChI is InChI=1S/C22H22N4.C2H6/c1-14-8-10-18(11-9-14)24-22-23-13-20-16(3)17(4)26(21(20)25-22)19-7-5-6-15(2)12-19;1-2/h5-13H,1-4H3,(H,23,24,25);1-2H3. The highest BCUT2D eigenvalue weighted by atomic mass is 15.2. The van der Waals surface area contributed by atoms with Gasteiger partial charge in [-0.25, -0.2) is 4.98 Å². The Morgan fingerprint density at radius 1 is 0.857 bits per heavy atom. The number of aryl methyl sites for hydroxylation is 3. The average Bonchev–Trinajstić information content (AvgIpc) is 2.95. The molecule has 0 aliphatic rings. The Labute approximate surface area is 167 Å². The monoisotopic (exact) mass is 372 g/mol. The van der Waals surface area contributed by atoms with Crippen LogP contribution in [0.3, 0.4) is 0 Å². The third-order valence-electron chi connectivity index (χ3n) is 4.83. The van der Waals surface area contributed by atoms with Crippen LogP contribution in [0, 0.1) is 27.7 Å². The molecule has 4 aromatic rings. The van der Waals surface area contributed by atoms with Crippen LogP contribution < -0.4 is 5.32 Å². The van der Waals surface area contributed by atoms with Gasteiger partial charge in [0.05, 0.1) is 0 Å². The van der Waals surface area contributed by atoms with E-state index >= 15 is 0 Å². The van der Waals surface area contributed by atoms with Crippen LogP contribution in [-0.4, -0.2) is 14.5 Å². The maximum Gasteiger partial charge on any atom is 0.229 e. The Morgan fingerprint density at radius 3 is 2.25 bits per heavy atom. The first-order valence-electron chi connectivity index (χ1n) is 9.78. The molecule has 0 unspecified atom stereocenters. The first-order valence-corrected chi connectivity index (χ1v) is 9.78. The molecule has 28 heavy (non-hydrogen) atoms. The van der Waals surface area contributed by atoms with Gasteiger partial charge in [-0.15, -0.1) is 0 Å². The van der Waals surface area contributed by atoms with Gasteiger partial charge in [-0.2, -0.15) is 4.98 Å². The summed E-state index contributed by atoms with van der Waals surface area (Å²) < 4.78 is 2.21. The van der Waals surface area contributed by atoms with Crippen LogP contribution in [0.2, 0.25) is 0 Å². The number of benzene rings is 2. The van der Waals surface area contributed by atoms with Gasteiger partial charge in [-0.05, 0) is 63.1 Å². The van der Waals surface area contributed by atoms with Crippen LogP contribution in [0.25, 0.3) is 16.7 Å². The minimum Gasteiger partial charge on any atom is -0.324 e. The molecule has 0 spiro atoms. The molecule has 2 heterocycles. The normalized spacial score (nSPS) is 10.5. The fraction of sp³-hybridized carbons (Fsp3) is 0.250. The Balaban J connectivity index is 0.00000109. The minimum absolute atomic E-state index is 0.604. The number of nitrogens with zero attached hydrogens (tertiary/aromatic N) is 3. The van der Waals surface area contributed by atoms with Gasteiger partial charge in [0.2, 0.25) is 5.95 Å². The van der Waals surface area contributed by atoms with E-state index in [0.29, 0.717) is 5.95 Å². The smallest absolute Gasteiger partial charge is 0.229 e. The summed E-state index contributed by atoms with van der Waals surface area (Å²) in [5.74, 6) is 0.604. The van der Waals surface area contributed by atoms with Gasteiger partial charge in [0.25, 0.3) is 0 Å². The maximum atomic E-state index is 4.82. The van der Waals surface area contributed by atoms with Gasteiger partial charge >= 0.3 is 0 Å². The number of hydrogen-bond donors (Lipinski definition) is 1. The molecular weight excluding hydrogens is 344 g/mol. The molecule has 144 valence electrons. The number of nitrogens with one attached hydrogen (secondary N) is 1. The number of rotatable bonds is 3. The number of fused-ring (bicyclic) bond motifs is 1. The molecule has 0 atom stereocenters. The fourth-order valence-electron chi connectivity index (χ4n) is 3.24. The third kappa shape index (κ3) is 3.77. The summed E-state index contributed by atoms with van der Waals surface area (Å²) in [7, 11) is 0. The lowest BCUT2D eigenvalue weighted by molar-refractivity contribution is 1.01. The highest BCUT2D eigenvalue weighted by Crippen LogP contribution is 2.28. The van der Waals surface area contributed by atoms with E-state index in [0.717, 1.165) is 22.4 Å². The largest absolute Gasteiger partial charge is 0.324 e. The lowest BCUT2D eigenvalue weighted by Crippen LogP contribution is -2.01. The number of aromatic nitrogens is 3. The van der Waals surface area contributed by atoms with Crippen LogP contribution in [0.5, 0.6) is 0 Å². The first kappa shape index (κ1) is 19.6. The second-order valence-corrected chi connectivity index (χ2v) is 6.81. The quantitative estimate of drug-likeness (QED) is 0.451. The molecule has 0 aliphatic heterocycles. The maximum absolute atomic E-state index is 4.82. The van der Waals surface area contributed by atoms with Gasteiger partial charge in [0.15, 0.2) is 5.65 Å². The predicted octanol–water partition coefficient (Wildman–Crippen LogP) is 6.42. The zero-order valence-corrected chi connectivity index (χ0v) is 17.5. The van der Waals surface area contributed by atoms with Crippen molar-refractivity contribution < 1.29 is 0 Å². The van der Waals surface area contributed by atoms with Crippen LogP contribution in [0.15, 0.2) is 54.7 Å². The molecule has 4 heteroatoms. The van der Waals surface area contributed by atoms with E-state index in [1.165, 1.54) is 22.4 Å². The number of hydrogen-bond acceptors (Lipinski definition) is 3. The molecule has 0 bridgehead atoms. The van der Waals surface area contributed by atoms with Crippen molar-refractivity contribution in [1.29, 1.82) is 0 Å². The van der Waals surface area contributed by atoms with Gasteiger partial charge in [-0.3, -0.25) is 4.57 Å². The van der Waals surface area contributed by atoms with E-state index in [-0.39, 0.29) is 0 Å². The van der Waals surface area contributed by atoms with E-state index in [1.807, 2.05) is 32.2 Å². The van der Waals surface area contributed by atoms with E-state index in [4.69, 9.17) is 4.98 Å². The lowest BCUT2D eigenvalue weighted by atomic mass is 10.2. The van der Waals surface area contributed by atoms with Crippen LogP contribution in [0.1, 0.15) is 36.2 Å². The summed E-state index contributed by atoms with van der Waals surface area (Å²) in [6.45, 7) is 12.4. The minimum atomic E-state index is 0.604. The Hall–Kier alpha value is -3.14. The summed E-state index contributed by atoms with van der Waals surface area (Å²) in [4.78, 5) is 9.34. The second kappa shape index (κ2) is 8.26. The third-order valence-corrected chi connectivity index (χ3v) is 4.83. The van der Waals surface area contributed by atoms with E-state index in [9.17, 15) is 0 Å². The van der Waals surface area contributed by atoms with Crippen LogP contribution >= 0.6 is 0 Å². The second-order valence-electron chi connectivity index (χ2n) is 6.81. The summed E-state index contributed by atoms with van der Waals surface area (Å²) in [6, 6.07) is 16.7. The summed E-state index contributed by atoms with van der Waals surface area (Å²) in [6.07, 6.45) is 1.91. The Bertz CT molecular complexity index is 1090. The van der Waals surface area contributed by atoms with E-state index in [2.05, 4.69) is 79.0 Å². The van der Waals surface area contributed by atoms with Gasteiger partial charge in [-0.1, -0.05) is 43.7 Å². The van der Waals surface area contributed by atoms with Gasteiger partial charge in [0.1, 0.15) is 0 Å². The molecule has 0 amide bonds. The van der Waals surface area contributed by atoms with Crippen molar-refractivity contribution in [3.8, 4) is 5.69 Å². The molecule has 4 rings (SSSR count). The molecule has 4 nitrogen and oxygen atoms in total. The molecule has 0 radical (unpaired) electrons. The zero-order chi connectivity index (χ0) is 20.3. The van der Waals surface area contributed by atoms with Crippen molar-refractivity contribution >= 4 is 22.7 Å². The molecule has 2 aromatic carbocycles. The van der Waals surface area contributed by atoms with Crippen LogP contribution in [-0.2, 0) is 0 Å². The molecule has 1 N–H and O–H groups in total. The van der Waals surface area contributed by atoms with Gasteiger partial charge < -0.3 is 5.32 Å². The van der Waals surface area contributed by atoms with Crippen molar-refractivity contribution in [2.75, 3.05) is 5.32 Å². The molecule has 2 aromatic heterocycles. The number of anilines is 2. The van der Waals surface area contributed by atoms with Crippen LogP contribution in [0.4, 0.5) is 11.6 Å². The summed E-state index contributed by atoms with van der Waals surface area (Å²) >= 11 is 0. The zero-order valence-electron chi connectivity index (χ0n) is 17.5. The molecule has 0 saturated heterocycles. The highest BCUT2D eigenvalue weighted by molar-refractivity contribution is 5.84. The highest BCUT2D eigenvalue weighted by Gasteiger charge is 2.15.